The highest BCUT2D eigenvalue weighted by molar-refractivity contribution is 7.89. The highest BCUT2D eigenvalue weighted by Crippen LogP contribution is 2.20. The molecular formula is C21H23N3O4S. The van der Waals surface area contributed by atoms with Gasteiger partial charge in [0.2, 0.25) is 10.0 Å². The fourth-order valence-corrected chi connectivity index (χ4v) is 4.53. The third-order valence-electron chi connectivity index (χ3n) is 4.74. The van der Waals surface area contributed by atoms with Crippen molar-refractivity contribution in [2.24, 2.45) is 0 Å². The van der Waals surface area contributed by atoms with Crippen LogP contribution in [0.15, 0.2) is 47.4 Å². The molecule has 0 spiro atoms. The van der Waals surface area contributed by atoms with Gasteiger partial charge in [0.1, 0.15) is 6.04 Å². The Morgan fingerprint density at radius 3 is 2.86 bits per heavy atom. The van der Waals surface area contributed by atoms with Crippen LogP contribution >= 0.6 is 0 Å². The molecule has 0 fully saturated rings. The number of ether oxygens (including phenoxy) is 1. The maximum absolute atomic E-state index is 13.0. The first-order valence-electron chi connectivity index (χ1n) is 9.43. The molecule has 0 aromatic heterocycles. The van der Waals surface area contributed by atoms with Gasteiger partial charge in [-0.25, -0.2) is 8.42 Å². The monoisotopic (exact) mass is 413 g/mol. The minimum Gasteiger partial charge on any atom is -0.465 e. The SMILES string of the molecule is CCOC(=O)[C@@H](Cc1cccc(C#N)c1)NS(=O)(=O)c1ccc2c(c1)CNCC2. The lowest BCUT2D eigenvalue weighted by Crippen LogP contribution is -2.43. The molecule has 0 saturated carbocycles. The standard InChI is InChI=1S/C21H23N3O4S/c1-2-28-21(25)20(11-15-4-3-5-16(10-15)13-22)24-29(26,27)19-7-6-17-8-9-23-14-18(17)12-19/h3-7,10,12,20,23-24H,2,8-9,11,14H2,1H3/t20-/m1/s1. The van der Waals surface area contributed by atoms with Crippen LogP contribution in [0.2, 0.25) is 0 Å². The van der Waals surface area contributed by atoms with Crippen molar-refractivity contribution in [2.45, 2.75) is 37.2 Å². The molecule has 7 nitrogen and oxygen atoms in total. The summed E-state index contributed by atoms with van der Waals surface area (Å²) in [5.74, 6) is -0.655. The van der Waals surface area contributed by atoms with E-state index in [1.165, 1.54) is 0 Å². The van der Waals surface area contributed by atoms with E-state index in [-0.39, 0.29) is 17.9 Å². The average molecular weight is 413 g/mol. The van der Waals surface area contributed by atoms with Crippen LogP contribution in [-0.4, -0.2) is 33.6 Å². The summed E-state index contributed by atoms with van der Waals surface area (Å²) in [5, 5.41) is 12.3. The van der Waals surface area contributed by atoms with E-state index >= 15 is 0 Å². The molecule has 8 heteroatoms. The van der Waals surface area contributed by atoms with Crippen molar-refractivity contribution in [2.75, 3.05) is 13.2 Å². The van der Waals surface area contributed by atoms with Crippen LogP contribution in [0.4, 0.5) is 0 Å². The number of esters is 1. The molecule has 2 aromatic carbocycles. The maximum Gasteiger partial charge on any atom is 0.324 e. The van der Waals surface area contributed by atoms with E-state index in [0.29, 0.717) is 17.7 Å². The normalized spacial score (nSPS) is 14.5. The summed E-state index contributed by atoms with van der Waals surface area (Å²) in [6.45, 7) is 3.28. The van der Waals surface area contributed by atoms with E-state index in [9.17, 15) is 13.2 Å². The lowest BCUT2D eigenvalue weighted by atomic mass is 10.0. The highest BCUT2D eigenvalue weighted by Gasteiger charge is 2.28. The second kappa shape index (κ2) is 9.18. The molecule has 2 N–H and O–H groups in total. The highest BCUT2D eigenvalue weighted by atomic mass is 32.2. The average Bonchev–Trinajstić information content (AvgIpc) is 2.73. The Morgan fingerprint density at radius 2 is 2.10 bits per heavy atom. The molecular weight excluding hydrogens is 390 g/mol. The molecule has 0 saturated heterocycles. The summed E-state index contributed by atoms with van der Waals surface area (Å²) in [6, 6.07) is 12.7. The number of nitrogens with one attached hydrogen (secondary N) is 2. The lowest BCUT2D eigenvalue weighted by Gasteiger charge is -2.20. The predicted octanol–water partition coefficient (Wildman–Crippen LogP) is 1.66. The van der Waals surface area contributed by atoms with Crippen molar-refractivity contribution < 1.29 is 17.9 Å². The van der Waals surface area contributed by atoms with Gasteiger partial charge in [-0.2, -0.15) is 9.98 Å². The zero-order chi connectivity index (χ0) is 20.9. The zero-order valence-corrected chi connectivity index (χ0v) is 17.0. The Kier molecular flexibility index (Phi) is 6.64. The molecule has 152 valence electrons. The van der Waals surface area contributed by atoms with Gasteiger partial charge in [0.25, 0.3) is 0 Å². The van der Waals surface area contributed by atoms with Gasteiger partial charge < -0.3 is 10.1 Å². The van der Waals surface area contributed by atoms with Crippen LogP contribution in [-0.2, 0) is 38.9 Å². The van der Waals surface area contributed by atoms with Crippen LogP contribution in [0.1, 0.15) is 29.2 Å². The summed E-state index contributed by atoms with van der Waals surface area (Å²) in [5.41, 5.74) is 3.17. The van der Waals surface area contributed by atoms with E-state index < -0.39 is 22.0 Å². The Hall–Kier alpha value is -2.73. The van der Waals surface area contributed by atoms with E-state index in [1.54, 1.807) is 43.3 Å². The van der Waals surface area contributed by atoms with Gasteiger partial charge in [0, 0.05) is 6.54 Å². The number of sulfonamides is 1. The third kappa shape index (κ3) is 5.21. The van der Waals surface area contributed by atoms with Crippen molar-refractivity contribution in [1.82, 2.24) is 10.0 Å². The number of nitriles is 1. The molecule has 3 rings (SSSR count). The summed E-state index contributed by atoms with van der Waals surface area (Å²) in [4.78, 5) is 12.5. The second-order valence-electron chi connectivity index (χ2n) is 6.80. The van der Waals surface area contributed by atoms with E-state index in [2.05, 4.69) is 10.0 Å². The first kappa shape index (κ1) is 21.0. The van der Waals surface area contributed by atoms with Crippen LogP contribution in [0.5, 0.6) is 0 Å². The molecule has 0 amide bonds. The minimum atomic E-state index is -3.94. The van der Waals surface area contributed by atoms with Gasteiger partial charge in [-0.05, 0) is 67.3 Å². The summed E-state index contributed by atoms with van der Waals surface area (Å²) in [7, 11) is -3.94. The summed E-state index contributed by atoms with van der Waals surface area (Å²) < 4.78 is 33.5. The fraction of sp³-hybridized carbons (Fsp3) is 0.333. The third-order valence-corrected chi connectivity index (χ3v) is 6.21. The Labute approximate surface area is 170 Å². The van der Waals surface area contributed by atoms with Crippen LogP contribution in [0.25, 0.3) is 0 Å². The Bertz CT molecular complexity index is 1040. The fourth-order valence-electron chi connectivity index (χ4n) is 3.30. The summed E-state index contributed by atoms with van der Waals surface area (Å²) in [6.07, 6.45) is 0.934. The number of nitrogens with zero attached hydrogens (tertiary/aromatic N) is 1. The Morgan fingerprint density at radius 1 is 1.28 bits per heavy atom. The first-order chi connectivity index (χ1) is 13.9. The number of hydrogen-bond donors (Lipinski definition) is 2. The first-order valence-corrected chi connectivity index (χ1v) is 10.9. The van der Waals surface area contributed by atoms with E-state index in [4.69, 9.17) is 10.00 Å². The van der Waals surface area contributed by atoms with Gasteiger partial charge in [0.05, 0.1) is 23.1 Å². The van der Waals surface area contributed by atoms with Crippen LogP contribution in [0.3, 0.4) is 0 Å². The largest absolute Gasteiger partial charge is 0.465 e. The number of fused-ring (bicyclic) bond motifs is 1. The van der Waals surface area contributed by atoms with Gasteiger partial charge in [-0.15, -0.1) is 0 Å². The van der Waals surface area contributed by atoms with Crippen LogP contribution < -0.4 is 10.0 Å². The van der Waals surface area contributed by atoms with Gasteiger partial charge in [0.15, 0.2) is 0 Å². The van der Waals surface area contributed by atoms with Gasteiger partial charge in [-0.1, -0.05) is 18.2 Å². The van der Waals surface area contributed by atoms with E-state index in [1.807, 2.05) is 12.1 Å². The zero-order valence-electron chi connectivity index (χ0n) is 16.1. The number of carbonyl (C=O) groups is 1. The van der Waals surface area contributed by atoms with Crippen molar-refractivity contribution in [3.05, 3.63) is 64.7 Å². The second-order valence-corrected chi connectivity index (χ2v) is 8.51. The molecule has 0 radical (unpaired) electrons. The van der Waals surface area contributed by atoms with Crippen LogP contribution in [0, 0.1) is 11.3 Å². The smallest absolute Gasteiger partial charge is 0.324 e. The molecule has 1 heterocycles. The van der Waals surface area contributed by atoms with Gasteiger partial charge >= 0.3 is 5.97 Å². The number of hydrogen-bond acceptors (Lipinski definition) is 6. The molecule has 0 unspecified atom stereocenters. The van der Waals surface area contributed by atoms with Gasteiger partial charge in [-0.3, -0.25) is 4.79 Å². The molecule has 0 bridgehead atoms. The topological polar surface area (TPSA) is 108 Å². The number of benzene rings is 2. The van der Waals surface area contributed by atoms with Crippen molar-refractivity contribution in [1.29, 1.82) is 5.26 Å². The number of carbonyl (C=O) groups excluding carboxylic acids is 1. The van der Waals surface area contributed by atoms with Crippen molar-refractivity contribution in [3.8, 4) is 6.07 Å². The number of rotatable bonds is 7. The Balaban J connectivity index is 1.86. The maximum atomic E-state index is 13.0. The lowest BCUT2D eigenvalue weighted by molar-refractivity contribution is -0.145. The molecule has 29 heavy (non-hydrogen) atoms. The van der Waals surface area contributed by atoms with Crippen molar-refractivity contribution in [3.63, 3.8) is 0 Å². The van der Waals surface area contributed by atoms with Crippen molar-refractivity contribution >= 4 is 16.0 Å². The molecule has 1 aliphatic rings. The quantitative estimate of drug-likeness (QED) is 0.669. The summed E-state index contributed by atoms with van der Waals surface area (Å²) >= 11 is 0. The minimum absolute atomic E-state index is 0.0834. The van der Waals surface area contributed by atoms with E-state index in [0.717, 1.165) is 24.1 Å². The molecule has 1 aliphatic heterocycles. The predicted molar refractivity (Wildman–Crippen MR) is 107 cm³/mol. The molecule has 1 atom stereocenters. The molecule has 2 aromatic rings. The molecule has 0 aliphatic carbocycles.